The SMILES string of the molecule is CCC(Oc1ccc2c(c1)CCCC2)C(=O)Nc1cc(C(=O)OC)ccc1Cl. The van der Waals surface area contributed by atoms with E-state index in [9.17, 15) is 9.59 Å². The largest absolute Gasteiger partial charge is 0.481 e. The van der Waals surface area contributed by atoms with Crippen LogP contribution in [-0.4, -0.2) is 25.1 Å². The fourth-order valence-corrected chi connectivity index (χ4v) is 3.51. The minimum absolute atomic E-state index is 0.311. The summed E-state index contributed by atoms with van der Waals surface area (Å²) < 4.78 is 10.7. The van der Waals surface area contributed by atoms with Gasteiger partial charge in [0, 0.05) is 0 Å². The molecule has 0 aromatic heterocycles. The van der Waals surface area contributed by atoms with Crippen molar-refractivity contribution in [3.8, 4) is 5.75 Å². The molecular formula is C22H24ClNO4. The number of rotatable bonds is 6. The predicted molar refractivity (Wildman–Crippen MR) is 109 cm³/mol. The molecule has 2 aromatic rings. The molecular weight excluding hydrogens is 378 g/mol. The fraction of sp³-hybridized carbons (Fsp3) is 0.364. The Morgan fingerprint density at radius 3 is 2.57 bits per heavy atom. The highest BCUT2D eigenvalue weighted by molar-refractivity contribution is 6.33. The first kappa shape index (κ1) is 20.2. The lowest BCUT2D eigenvalue weighted by Crippen LogP contribution is -2.32. The molecule has 1 N–H and O–H groups in total. The first-order chi connectivity index (χ1) is 13.5. The predicted octanol–water partition coefficient (Wildman–Crippen LogP) is 4.80. The van der Waals surface area contributed by atoms with Crippen molar-refractivity contribution in [2.75, 3.05) is 12.4 Å². The second-order valence-corrected chi connectivity index (χ2v) is 7.24. The van der Waals surface area contributed by atoms with Gasteiger partial charge in [0.25, 0.3) is 5.91 Å². The van der Waals surface area contributed by atoms with Gasteiger partial charge < -0.3 is 14.8 Å². The van der Waals surface area contributed by atoms with Crippen LogP contribution in [0.25, 0.3) is 0 Å². The van der Waals surface area contributed by atoms with Crippen LogP contribution in [0.3, 0.4) is 0 Å². The number of nitrogens with one attached hydrogen (secondary N) is 1. The number of amides is 1. The molecule has 5 nitrogen and oxygen atoms in total. The van der Waals surface area contributed by atoms with Gasteiger partial charge in [-0.05, 0) is 73.6 Å². The smallest absolute Gasteiger partial charge is 0.337 e. The maximum absolute atomic E-state index is 12.7. The average molecular weight is 402 g/mol. The average Bonchev–Trinajstić information content (AvgIpc) is 2.72. The molecule has 0 aliphatic heterocycles. The number of esters is 1. The zero-order chi connectivity index (χ0) is 20.1. The molecule has 2 aromatic carbocycles. The van der Waals surface area contributed by atoms with Crippen LogP contribution in [0.4, 0.5) is 5.69 Å². The number of carbonyl (C=O) groups is 2. The molecule has 1 aliphatic carbocycles. The third-order valence-electron chi connectivity index (χ3n) is 4.91. The fourth-order valence-electron chi connectivity index (χ4n) is 3.35. The minimum atomic E-state index is -0.667. The molecule has 1 atom stereocenters. The molecule has 6 heteroatoms. The van der Waals surface area contributed by atoms with Crippen LogP contribution >= 0.6 is 11.6 Å². The molecule has 0 saturated carbocycles. The minimum Gasteiger partial charge on any atom is -0.481 e. The molecule has 0 saturated heterocycles. The van der Waals surface area contributed by atoms with Gasteiger partial charge in [0.05, 0.1) is 23.4 Å². The van der Waals surface area contributed by atoms with Crippen LogP contribution in [0.15, 0.2) is 36.4 Å². The Balaban J connectivity index is 1.73. The summed E-state index contributed by atoms with van der Waals surface area (Å²) in [6.45, 7) is 1.88. The molecule has 1 amide bonds. The summed E-state index contributed by atoms with van der Waals surface area (Å²) in [6.07, 6.45) is 4.38. The number of anilines is 1. The highest BCUT2D eigenvalue weighted by atomic mass is 35.5. The van der Waals surface area contributed by atoms with Crippen molar-refractivity contribution >= 4 is 29.2 Å². The van der Waals surface area contributed by atoms with Gasteiger partial charge in [-0.3, -0.25) is 4.79 Å². The van der Waals surface area contributed by atoms with E-state index in [0.29, 0.717) is 28.4 Å². The van der Waals surface area contributed by atoms with Crippen molar-refractivity contribution in [2.45, 2.75) is 45.1 Å². The Bertz CT molecular complexity index is 881. The molecule has 0 bridgehead atoms. The molecule has 28 heavy (non-hydrogen) atoms. The topological polar surface area (TPSA) is 64.6 Å². The van der Waals surface area contributed by atoms with E-state index in [4.69, 9.17) is 21.1 Å². The lowest BCUT2D eigenvalue weighted by molar-refractivity contribution is -0.122. The van der Waals surface area contributed by atoms with E-state index in [1.165, 1.54) is 37.1 Å². The van der Waals surface area contributed by atoms with Crippen LogP contribution in [0, 0.1) is 0 Å². The van der Waals surface area contributed by atoms with Crippen molar-refractivity contribution < 1.29 is 19.1 Å². The van der Waals surface area contributed by atoms with E-state index in [1.807, 2.05) is 19.1 Å². The van der Waals surface area contributed by atoms with Gasteiger partial charge in [0.2, 0.25) is 0 Å². The Morgan fingerprint density at radius 2 is 1.86 bits per heavy atom. The maximum atomic E-state index is 12.7. The first-order valence-corrected chi connectivity index (χ1v) is 9.86. The van der Waals surface area contributed by atoms with Gasteiger partial charge in [0.15, 0.2) is 6.10 Å². The molecule has 0 heterocycles. The highest BCUT2D eigenvalue weighted by Gasteiger charge is 2.21. The summed E-state index contributed by atoms with van der Waals surface area (Å²) in [6, 6.07) is 10.6. The van der Waals surface area contributed by atoms with E-state index < -0.39 is 12.1 Å². The monoisotopic (exact) mass is 401 g/mol. The molecule has 0 spiro atoms. The van der Waals surface area contributed by atoms with Crippen molar-refractivity contribution in [2.24, 2.45) is 0 Å². The van der Waals surface area contributed by atoms with Crippen molar-refractivity contribution in [3.63, 3.8) is 0 Å². The Hall–Kier alpha value is -2.53. The van der Waals surface area contributed by atoms with Crippen LogP contribution in [0.2, 0.25) is 5.02 Å². The van der Waals surface area contributed by atoms with E-state index in [2.05, 4.69) is 11.4 Å². The number of benzene rings is 2. The third kappa shape index (κ3) is 4.65. The Kier molecular flexibility index (Phi) is 6.57. The zero-order valence-corrected chi connectivity index (χ0v) is 16.8. The number of hydrogen-bond acceptors (Lipinski definition) is 4. The molecule has 3 rings (SSSR count). The number of methoxy groups -OCH3 is 1. The number of carbonyl (C=O) groups excluding carboxylic acids is 2. The van der Waals surface area contributed by atoms with Gasteiger partial charge >= 0.3 is 5.97 Å². The van der Waals surface area contributed by atoms with Gasteiger partial charge in [-0.2, -0.15) is 0 Å². The Labute approximate surface area is 170 Å². The van der Waals surface area contributed by atoms with Gasteiger partial charge in [-0.1, -0.05) is 24.6 Å². The van der Waals surface area contributed by atoms with E-state index in [-0.39, 0.29) is 5.91 Å². The summed E-state index contributed by atoms with van der Waals surface area (Å²) in [5.41, 5.74) is 3.32. The summed E-state index contributed by atoms with van der Waals surface area (Å²) in [5.74, 6) is -0.120. The standard InChI is InChI=1S/C22H24ClNO4/c1-3-20(28-17-10-8-14-6-4-5-7-15(14)12-17)21(25)24-19-13-16(22(26)27-2)9-11-18(19)23/h8-13,20H,3-7H2,1-2H3,(H,24,25). The highest BCUT2D eigenvalue weighted by Crippen LogP contribution is 2.27. The number of ether oxygens (including phenoxy) is 2. The summed E-state index contributed by atoms with van der Waals surface area (Å²) in [7, 11) is 1.30. The zero-order valence-electron chi connectivity index (χ0n) is 16.1. The van der Waals surface area contributed by atoms with Crippen molar-refractivity contribution in [3.05, 3.63) is 58.1 Å². The van der Waals surface area contributed by atoms with Gasteiger partial charge in [-0.25, -0.2) is 4.79 Å². The van der Waals surface area contributed by atoms with Gasteiger partial charge in [0.1, 0.15) is 5.75 Å². The molecule has 1 unspecified atom stereocenters. The lowest BCUT2D eigenvalue weighted by atomic mass is 9.92. The normalized spacial score (nSPS) is 14.0. The molecule has 148 valence electrons. The van der Waals surface area contributed by atoms with Crippen LogP contribution in [0.5, 0.6) is 5.75 Å². The number of halogens is 1. The number of fused-ring (bicyclic) bond motifs is 1. The van der Waals surface area contributed by atoms with Crippen molar-refractivity contribution in [1.82, 2.24) is 0 Å². The summed E-state index contributed by atoms with van der Waals surface area (Å²) >= 11 is 6.17. The van der Waals surface area contributed by atoms with E-state index in [1.54, 1.807) is 12.1 Å². The summed E-state index contributed by atoms with van der Waals surface area (Å²) in [4.78, 5) is 24.4. The Morgan fingerprint density at radius 1 is 1.11 bits per heavy atom. The number of aryl methyl sites for hydroxylation is 2. The first-order valence-electron chi connectivity index (χ1n) is 9.49. The molecule has 1 aliphatic rings. The number of hydrogen-bond donors (Lipinski definition) is 1. The van der Waals surface area contributed by atoms with Crippen molar-refractivity contribution in [1.29, 1.82) is 0 Å². The quantitative estimate of drug-likeness (QED) is 0.706. The lowest BCUT2D eigenvalue weighted by Gasteiger charge is -2.21. The van der Waals surface area contributed by atoms with Gasteiger partial charge in [-0.15, -0.1) is 0 Å². The third-order valence-corrected chi connectivity index (χ3v) is 5.24. The van der Waals surface area contributed by atoms with Crippen LogP contribution < -0.4 is 10.1 Å². The van der Waals surface area contributed by atoms with E-state index >= 15 is 0 Å². The summed E-state index contributed by atoms with van der Waals surface area (Å²) in [5, 5.41) is 3.10. The molecule has 0 fully saturated rings. The maximum Gasteiger partial charge on any atom is 0.337 e. The second-order valence-electron chi connectivity index (χ2n) is 6.83. The molecule has 0 radical (unpaired) electrons. The van der Waals surface area contributed by atoms with E-state index in [0.717, 1.165) is 12.8 Å². The van der Waals surface area contributed by atoms with Crippen LogP contribution in [-0.2, 0) is 22.4 Å². The van der Waals surface area contributed by atoms with Crippen LogP contribution in [0.1, 0.15) is 47.7 Å². The second kappa shape index (κ2) is 9.11.